The van der Waals surface area contributed by atoms with Gasteiger partial charge in [0.2, 0.25) is 10.0 Å². The minimum absolute atomic E-state index is 0.398. The Kier molecular flexibility index (Phi) is 4.96. The second-order valence-electron chi connectivity index (χ2n) is 4.94. The minimum atomic E-state index is -3.37. The summed E-state index contributed by atoms with van der Waals surface area (Å²) in [5.41, 5.74) is 2.25. The number of hydrogen-bond donors (Lipinski definition) is 1. The van der Waals surface area contributed by atoms with E-state index in [9.17, 15) is 8.42 Å². The van der Waals surface area contributed by atoms with Crippen molar-refractivity contribution in [3.63, 3.8) is 0 Å². The number of hydrogen-bond acceptors (Lipinski definition) is 3. The number of rotatable bonds is 5. The van der Waals surface area contributed by atoms with Gasteiger partial charge in [-0.3, -0.25) is 0 Å². The molecule has 0 radical (unpaired) electrons. The third-order valence-electron chi connectivity index (χ3n) is 3.58. The van der Waals surface area contributed by atoms with Crippen LogP contribution in [0.3, 0.4) is 0 Å². The lowest BCUT2D eigenvalue weighted by Crippen LogP contribution is -2.33. The molecule has 110 valence electrons. The van der Waals surface area contributed by atoms with Crippen molar-refractivity contribution in [1.29, 1.82) is 0 Å². The fourth-order valence-electron chi connectivity index (χ4n) is 2.45. The minimum Gasteiger partial charge on any atom is -0.316 e. The first kappa shape index (κ1) is 15.2. The number of nitrogens with zero attached hydrogens (tertiary/aromatic N) is 1. The smallest absolute Gasteiger partial charge is 0.243 e. The maximum Gasteiger partial charge on any atom is 0.243 e. The van der Waals surface area contributed by atoms with Crippen LogP contribution in [0.4, 0.5) is 0 Å². The van der Waals surface area contributed by atoms with E-state index >= 15 is 0 Å². The highest BCUT2D eigenvalue weighted by Gasteiger charge is 2.24. The van der Waals surface area contributed by atoms with Crippen LogP contribution in [0.1, 0.15) is 24.5 Å². The van der Waals surface area contributed by atoms with Gasteiger partial charge in [0.1, 0.15) is 0 Å². The van der Waals surface area contributed by atoms with Crippen LogP contribution >= 0.6 is 0 Å². The molecule has 0 spiro atoms. The molecule has 4 nitrogen and oxygen atoms in total. The topological polar surface area (TPSA) is 49.4 Å². The monoisotopic (exact) mass is 294 g/mol. The summed E-state index contributed by atoms with van der Waals surface area (Å²) in [4.78, 5) is 0.398. The average Bonchev–Trinajstić information content (AvgIpc) is 2.48. The number of nitrogens with one attached hydrogen (secondary N) is 1. The van der Waals surface area contributed by atoms with Gasteiger partial charge in [0.05, 0.1) is 4.90 Å². The third kappa shape index (κ3) is 3.11. The lowest BCUT2D eigenvalue weighted by Gasteiger charge is -2.23. The van der Waals surface area contributed by atoms with E-state index in [0.717, 1.165) is 18.4 Å². The normalized spacial score (nSPS) is 16.5. The molecular weight excluding hydrogens is 272 g/mol. The molecular formula is C15H22N2O2S. The third-order valence-corrected chi connectivity index (χ3v) is 5.45. The second-order valence-corrected chi connectivity index (χ2v) is 6.88. The SMILES string of the molecule is CCc1ccc(S(=O)(=O)N2CC=CCC2)cc1CNC. The van der Waals surface area contributed by atoms with E-state index in [1.54, 1.807) is 6.07 Å². The van der Waals surface area contributed by atoms with Crippen molar-refractivity contribution in [3.05, 3.63) is 41.5 Å². The van der Waals surface area contributed by atoms with E-state index < -0.39 is 10.0 Å². The molecule has 1 aliphatic rings. The van der Waals surface area contributed by atoms with Crippen LogP contribution < -0.4 is 5.32 Å². The largest absolute Gasteiger partial charge is 0.316 e. The van der Waals surface area contributed by atoms with Gasteiger partial charge in [0.25, 0.3) is 0 Å². The van der Waals surface area contributed by atoms with Gasteiger partial charge < -0.3 is 5.32 Å². The summed E-state index contributed by atoms with van der Waals surface area (Å²) in [5, 5.41) is 3.10. The summed E-state index contributed by atoms with van der Waals surface area (Å²) >= 11 is 0. The van der Waals surface area contributed by atoms with Crippen LogP contribution in [0, 0.1) is 0 Å². The lowest BCUT2D eigenvalue weighted by molar-refractivity contribution is 0.437. The Hall–Kier alpha value is -1.17. The van der Waals surface area contributed by atoms with Gasteiger partial charge in [-0.25, -0.2) is 8.42 Å². The van der Waals surface area contributed by atoms with E-state index in [4.69, 9.17) is 0 Å². The van der Waals surface area contributed by atoms with Crippen molar-refractivity contribution in [3.8, 4) is 0 Å². The Bertz CT molecular complexity index is 594. The molecule has 0 saturated heterocycles. The van der Waals surface area contributed by atoms with Crippen LogP contribution in [-0.2, 0) is 23.0 Å². The molecule has 0 aromatic heterocycles. The van der Waals surface area contributed by atoms with Crippen molar-refractivity contribution >= 4 is 10.0 Å². The van der Waals surface area contributed by atoms with E-state index in [1.165, 1.54) is 9.87 Å². The van der Waals surface area contributed by atoms with Crippen molar-refractivity contribution in [2.24, 2.45) is 0 Å². The number of benzene rings is 1. The van der Waals surface area contributed by atoms with E-state index in [-0.39, 0.29) is 0 Å². The summed E-state index contributed by atoms with van der Waals surface area (Å²) in [6.07, 6.45) is 5.63. The molecule has 1 aromatic rings. The van der Waals surface area contributed by atoms with Crippen molar-refractivity contribution < 1.29 is 8.42 Å². The van der Waals surface area contributed by atoms with Crippen LogP contribution in [0.5, 0.6) is 0 Å². The highest BCUT2D eigenvalue weighted by Crippen LogP contribution is 2.21. The first-order valence-electron chi connectivity index (χ1n) is 7.01. The van der Waals surface area contributed by atoms with Crippen LogP contribution in [-0.4, -0.2) is 32.9 Å². The van der Waals surface area contributed by atoms with Gasteiger partial charge >= 0.3 is 0 Å². The van der Waals surface area contributed by atoms with E-state index in [2.05, 4.69) is 12.2 Å². The number of sulfonamides is 1. The summed E-state index contributed by atoms with van der Waals surface area (Å²) in [5.74, 6) is 0. The molecule has 1 heterocycles. The fraction of sp³-hybridized carbons (Fsp3) is 0.467. The predicted molar refractivity (Wildman–Crippen MR) is 81.1 cm³/mol. The Balaban J connectivity index is 2.36. The molecule has 20 heavy (non-hydrogen) atoms. The summed E-state index contributed by atoms with van der Waals surface area (Å²) in [6.45, 7) is 3.81. The van der Waals surface area contributed by atoms with Crippen molar-refractivity contribution in [2.45, 2.75) is 31.2 Å². The first-order valence-corrected chi connectivity index (χ1v) is 8.45. The molecule has 0 fully saturated rings. The van der Waals surface area contributed by atoms with Crippen LogP contribution in [0.15, 0.2) is 35.2 Å². The molecule has 1 aliphatic heterocycles. The van der Waals surface area contributed by atoms with Gasteiger partial charge in [0, 0.05) is 19.6 Å². The van der Waals surface area contributed by atoms with Gasteiger partial charge in [-0.05, 0) is 43.1 Å². The Morgan fingerprint density at radius 1 is 1.25 bits per heavy atom. The highest BCUT2D eigenvalue weighted by atomic mass is 32.2. The molecule has 0 bridgehead atoms. The lowest BCUT2D eigenvalue weighted by atomic mass is 10.1. The molecule has 1 N–H and O–H groups in total. The zero-order valence-corrected chi connectivity index (χ0v) is 12.9. The maximum atomic E-state index is 12.6. The molecule has 0 aliphatic carbocycles. The molecule has 5 heteroatoms. The maximum absolute atomic E-state index is 12.6. The zero-order chi connectivity index (χ0) is 14.6. The Morgan fingerprint density at radius 3 is 2.65 bits per heavy atom. The van der Waals surface area contributed by atoms with Gasteiger partial charge in [0.15, 0.2) is 0 Å². The van der Waals surface area contributed by atoms with Gasteiger partial charge in [-0.1, -0.05) is 25.1 Å². The predicted octanol–water partition coefficient (Wildman–Crippen LogP) is 1.92. The molecule has 0 amide bonds. The zero-order valence-electron chi connectivity index (χ0n) is 12.1. The van der Waals surface area contributed by atoms with E-state index in [0.29, 0.717) is 24.5 Å². The van der Waals surface area contributed by atoms with Crippen LogP contribution in [0.2, 0.25) is 0 Å². The Morgan fingerprint density at radius 2 is 2.05 bits per heavy atom. The summed E-state index contributed by atoms with van der Waals surface area (Å²) < 4.78 is 26.8. The first-order chi connectivity index (χ1) is 9.59. The molecule has 1 aromatic carbocycles. The van der Waals surface area contributed by atoms with E-state index in [1.807, 2.05) is 31.3 Å². The summed E-state index contributed by atoms with van der Waals surface area (Å²) in [7, 11) is -1.50. The standard InChI is InChI=1S/C15H22N2O2S/c1-3-13-7-8-15(11-14(13)12-16-2)20(18,19)17-9-5-4-6-10-17/h4-5,7-8,11,16H,3,6,9-10,12H2,1-2H3. The average molecular weight is 294 g/mol. The quantitative estimate of drug-likeness (QED) is 0.844. The second kappa shape index (κ2) is 6.52. The molecule has 2 rings (SSSR count). The molecule has 0 saturated carbocycles. The van der Waals surface area contributed by atoms with Crippen molar-refractivity contribution in [1.82, 2.24) is 9.62 Å². The molecule has 0 unspecified atom stereocenters. The van der Waals surface area contributed by atoms with Gasteiger partial charge in [-0.15, -0.1) is 0 Å². The van der Waals surface area contributed by atoms with Gasteiger partial charge in [-0.2, -0.15) is 4.31 Å². The molecule has 0 atom stereocenters. The highest BCUT2D eigenvalue weighted by molar-refractivity contribution is 7.89. The fourth-order valence-corrected chi connectivity index (χ4v) is 3.91. The van der Waals surface area contributed by atoms with Crippen LogP contribution in [0.25, 0.3) is 0 Å². The number of aryl methyl sites for hydroxylation is 1. The Labute approximate surface area is 121 Å². The summed E-state index contributed by atoms with van der Waals surface area (Å²) in [6, 6.07) is 5.47. The van der Waals surface area contributed by atoms with Crippen molar-refractivity contribution in [2.75, 3.05) is 20.1 Å².